The van der Waals surface area contributed by atoms with Gasteiger partial charge in [0.2, 0.25) is 0 Å². The van der Waals surface area contributed by atoms with Crippen LogP contribution in [-0.2, 0) is 0 Å². The Morgan fingerprint density at radius 3 is 1.45 bits per heavy atom. The maximum absolute atomic E-state index is 2.58. The number of anilines is 3. The van der Waals surface area contributed by atoms with E-state index in [4.69, 9.17) is 0 Å². The van der Waals surface area contributed by atoms with Crippen molar-refractivity contribution >= 4 is 115 Å². The maximum atomic E-state index is 2.58. The molecular formula is C50H29N3. The van der Waals surface area contributed by atoms with Crippen molar-refractivity contribution in [3.8, 4) is 0 Å². The summed E-state index contributed by atoms with van der Waals surface area (Å²) >= 11 is 0. The van der Waals surface area contributed by atoms with Gasteiger partial charge in [0.1, 0.15) is 0 Å². The van der Waals surface area contributed by atoms with Crippen molar-refractivity contribution in [3.63, 3.8) is 0 Å². The molecule has 244 valence electrons. The number of hydrogen-bond donors (Lipinski definition) is 0. The van der Waals surface area contributed by atoms with Crippen LogP contribution in [0.25, 0.3) is 97.7 Å². The summed E-state index contributed by atoms with van der Waals surface area (Å²) in [5, 5.41) is 15.4. The highest BCUT2D eigenvalue weighted by atomic mass is 15.2. The van der Waals surface area contributed by atoms with Crippen LogP contribution in [0.2, 0.25) is 0 Å². The fourth-order valence-corrected chi connectivity index (χ4v) is 9.79. The van der Waals surface area contributed by atoms with Crippen molar-refractivity contribution in [1.29, 1.82) is 0 Å². The number of fused-ring (bicyclic) bond motifs is 16. The van der Waals surface area contributed by atoms with Crippen LogP contribution in [0.3, 0.4) is 0 Å². The Bertz CT molecular complexity index is 3570. The fourth-order valence-electron chi connectivity index (χ4n) is 9.79. The molecule has 0 unspecified atom stereocenters. The van der Waals surface area contributed by atoms with Crippen molar-refractivity contribution in [2.45, 2.75) is 0 Å². The molecule has 0 saturated carbocycles. The zero-order valence-electron chi connectivity index (χ0n) is 28.6. The van der Waals surface area contributed by atoms with Gasteiger partial charge in [0, 0.05) is 59.9 Å². The molecule has 0 fully saturated rings. The first-order valence-corrected chi connectivity index (χ1v) is 18.4. The molecule has 0 amide bonds. The molecule has 3 nitrogen and oxygen atoms in total. The SMILES string of the molecule is c1ccc(N(c2ccccc2)c2cc3ccccc3c3c4cccc5c6cc7c(cc6n(c23)c54)c2cccc3c4ccc5ccccc5c4n7c23)cc1. The van der Waals surface area contributed by atoms with Crippen molar-refractivity contribution in [2.24, 2.45) is 0 Å². The minimum Gasteiger partial charge on any atom is -0.308 e. The van der Waals surface area contributed by atoms with Crippen molar-refractivity contribution < 1.29 is 0 Å². The number of aromatic nitrogens is 2. The normalized spacial score (nSPS) is 12.5. The number of benzene rings is 9. The van der Waals surface area contributed by atoms with E-state index < -0.39 is 0 Å². The molecule has 0 aliphatic carbocycles. The third-order valence-corrected chi connectivity index (χ3v) is 11.9. The second kappa shape index (κ2) is 9.81. The van der Waals surface area contributed by atoms with E-state index in [0.29, 0.717) is 0 Å². The molecule has 4 heterocycles. The first-order valence-electron chi connectivity index (χ1n) is 18.4. The molecule has 0 aliphatic rings. The summed E-state index contributed by atoms with van der Waals surface area (Å²) in [6, 6.07) is 65.0. The Balaban J connectivity index is 1.26. The van der Waals surface area contributed by atoms with E-state index in [1.54, 1.807) is 0 Å². The second-order valence-electron chi connectivity index (χ2n) is 14.5. The van der Waals surface area contributed by atoms with Gasteiger partial charge in [-0.25, -0.2) is 0 Å². The summed E-state index contributed by atoms with van der Waals surface area (Å²) < 4.78 is 5.13. The monoisotopic (exact) mass is 671 g/mol. The molecule has 0 saturated heterocycles. The van der Waals surface area contributed by atoms with Crippen LogP contribution in [0, 0.1) is 0 Å². The third kappa shape index (κ3) is 3.40. The molecule has 0 bridgehead atoms. The number of nitrogens with zero attached hydrogens (tertiary/aromatic N) is 3. The first-order chi connectivity index (χ1) is 26.3. The molecule has 0 atom stereocenters. The van der Waals surface area contributed by atoms with Crippen LogP contribution in [-0.4, -0.2) is 8.80 Å². The molecule has 0 N–H and O–H groups in total. The van der Waals surface area contributed by atoms with Gasteiger partial charge in [-0.1, -0.05) is 133 Å². The van der Waals surface area contributed by atoms with Gasteiger partial charge in [0.15, 0.2) is 0 Å². The first kappa shape index (κ1) is 27.6. The quantitative estimate of drug-likeness (QED) is 0.182. The van der Waals surface area contributed by atoms with Crippen molar-refractivity contribution in [2.75, 3.05) is 4.90 Å². The highest BCUT2D eigenvalue weighted by molar-refractivity contribution is 6.34. The van der Waals surface area contributed by atoms with E-state index in [-0.39, 0.29) is 0 Å². The molecule has 3 heteroatoms. The Labute approximate surface area is 303 Å². The van der Waals surface area contributed by atoms with Crippen LogP contribution in [0.1, 0.15) is 0 Å². The highest BCUT2D eigenvalue weighted by Crippen LogP contribution is 2.50. The van der Waals surface area contributed by atoms with Crippen LogP contribution < -0.4 is 4.90 Å². The molecular weight excluding hydrogens is 643 g/mol. The summed E-state index contributed by atoms with van der Waals surface area (Å²) in [6.07, 6.45) is 0. The number of rotatable bonds is 3. The van der Waals surface area contributed by atoms with Gasteiger partial charge in [0.05, 0.1) is 38.8 Å². The average Bonchev–Trinajstić information content (AvgIpc) is 3.95. The van der Waals surface area contributed by atoms with Crippen LogP contribution in [0.4, 0.5) is 17.1 Å². The smallest absolute Gasteiger partial charge is 0.0789 e. The lowest BCUT2D eigenvalue weighted by Crippen LogP contribution is -2.11. The van der Waals surface area contributed by atoms with E-state index in [0.717, 1.165) is 17.1 Å². The van der Waals surface area contributed by atoms with Crippen molar-refractivity contribution in [1.82, 2.24) is 8.80 Å². The van der Waals surface area contributed by atoms with Crippen molar-refractivity contribution in [3.05, 3.63) is 176 Å². The zero-order valence-corrected chi connectivity index (χ0v) is 28.6. The molecule has 0 aliphatic heterocycles. The summed E-state index contributed by atoms with van der Waals surface area (Å²) in [6.45, 7) is 0. The molecule has 13 aromatic rings. The van der Waals surface area contributed by atoms with Gasteiger partial charge < -0.3 is 13.7 Å². The minimum absolute atomic E-state index is 1.13. The van der Waals surface area contributed by atoms with Crippen LogP contribution in [0.15, 0.2) is 176 Å². The van der Waals surface area contributed by atoms with Crippen LogP contribution in [0.5, 0.6) is 0 Å². The van der Waals surface area contributed by atoms with E-state index >= 15 is 0 Å². The van der Waals surface area contributed by atoms with E-state index in [9.17, 15) is 0 Å². The lowest BCUT2D eigenvalue weighted by molar-refractivity contribution is 1.27. The predicted octanol–water partition coefficient (Wildman–Crippen LogP) is 13.8. The Hall–Kier alpha value is -7.10. The molecule has 13 rings (SSSR count). The lowest BCUT2D eigenvalue weighted by atomic mass is 10.00. The largest absolute Gasteiger partial charge is 0.308 e. The average molecular weight is 672 g/mol. The van der Waals surface area contributed by atoms with Gasteiger partial charge in [-0.15, -0.1) is 0 Å². The van der Waals surface area contributed by atoms with Gasteiger partial charge in [0.25, 0.3) is 0 Å². The molecule has 4 aromatic heterocycles. The number of hydrogen-bond acceptors (Lipinski definition) is 1. The zero-order chi connectivity index (χ0) is 34.4. The Morgan fingerprint density at radius 1 is 0.302 bits per heavy atom. The molecule has 53 heavy (non-hydrogen) atoms. The summed E-state index contributed by atoms with van der Waals surface area (Å²) in [4.78, 5) is 2.44. The Morgan fingerprint density at radius 2 is 0.774 bits per heavy atom. The molecule has 9 aromatic carbocycles. The number of para-hydroxylation sites is 4. The topological polar surface area (TPSA) is 12.1 Å². The van der Waals surface area contributed by atoms with Gasteiger partial charge in [-0.2, -0.15) is 0 Å². The molecule has 0 radical (unpaired) electrons. The molecule has 0 spiro atoms. The van der Waals surface area contributed by atoms with Gasteiger partial charge in [-0.3, -0.25) is 0 Å². The van der Waals surface area contributed by atoms with Gasteiger partial charge >= 0.3 is 0 Å². The standard InChI is InChI=1S/C50H29N3/c1-3-15-32(16-4-1)51(33-17-5-2-6-18-33)45-27-31-14-8-9-19-34(31)46-40-24-12-23-38-42-28-43-41(29-44(42)53(49(38)40)50(45)46)37-22-11-21-36-39-26-25-30-13-7-10-20-35(30)47(39)52(43)48(36)37/h1-29H. The summed E-state index contributed by atoms with van der Waals surface area (Å²) in [5.41, 5.74) is 11.0. The predicted molar refractivity (Wildman–Crippen MR) is 225 cm³/mol. The summed E-state index contributed by atoms with van der Waals surface area (Å²) in [5.74, 6) is 0. The van der Waals surface area contributed by atoms with Crippen LogP contribution >= 0.6 is 0 Å². The van der Waals surface area contributed by atoms with Gasteiger partial charge in [-0.05, 0) is 58.6 Å². The summed E-state index contributed by atoms with van der Waals surface area (Å²) in [7, 11) is 0. The lowest BCUT2D eigenvalue weighted by Gasteiger charge is -2.27. The Kier molecular flexibility index (Phi) is 5.11. The fraction of sp³-hybridized carbons (Fsp3) is 0. The third-order valence-electron chi connectivity index (χ3n) is 11.9. The second-order valence-corrected chi connectivity index (χ2v) is 14.5. The van der Waals surface area contributed by atoms with E-state index in [2.05, 4.69) is 190 Å². The van der Waals surface area contributed by atoms with E-state index in [1.807, 2.05) is 0 Å². The maximum Gasteiger partial charge on any atom is 0.0789 e. The van der Waals surface area contributed by atoms with E-state index in [1.165, 1.54) is 97.7 Å². The highest BCUT2D eigenvalue weighted by Gasteiger charge is 2.27. The minimum atomic E-state index is 1.13.